The molecule has 14 heavy (non-hydrogen) atoms. The number of hydrogen-bond acceptors (Lipinski definition) is 2. The van der Waals surface area contributed by atoms with Gasteiger partial charge in [-0.3, -0.25) is 4.79 Å². The van der Waals surface area contributed by atoms with Crippen molar-refractivity contribution in [3.8, 4) is 0 Å². The number of aliphatic carboxylic acids is 1. The van der Waals surface area contributed by atoms with E-state index in [-0.39, 0.29) is 12.3 Å². The number of halogens is 3. The van der Waals surface area contributed by atoms with Gasteiger partial charge in [0.05, 0.1) is 6.42 Å². The van der Waals surface area contributed by atoms with Crippen molar-refractivity contribution in [3.63, 3.8) is 0 Å². The van der Waals surface area contributed by atoms with Crippen molar-refractivity contribution in [1.82, 2.24) is 0 Å². The molecule has 0 unspecified atom stereocenters. The molecule has 3 nitrogen and oxygen atoms in total. The van der Waals surface area contributed by atoms with Gasteiger partial charge < -0.3 is 10.8 Å². The third-order valence-corrected chi connectivity index (χ3v) is 1.71. The molecule has 3 N–H and O–H groups in total. The SMILES string of the molecule is CC(C)C[C@@](N)(CC(F)(F)F)C(=O)O. The van der Waals surface area contributed by atoms with Crippen LogP contribution in [0.1, 0.15) is 26.7 Å². The summed E-state index contributed by atoms with van der Waals surface area (Å²) >= 11 is 0. The van der Waals surface area contributed by atoms with Crippen molar-refractivity contribution in [2.24, 2.45) is 11.7 Å². The van der Waals surface area contributed by atoms with Gasteiger partial charge >= 0.3 is 12.1 Å². The molecule has 0 aliphatic heterocycles. The van der Waals surface area contributed by atoms with Crippen molar-refractivity contribution in [2.45, 2.75) is 38.4 Å². The molecule has 0 spiro atoms. The average molecular weight is 213 g/mol. The van der Waals surface area contributed by atoms with Crippen LogP contribution in [0.25, 0.3) is 0 Å². The molecule has 84 valence electrons. The van der Waals surface area contributed by atoms with E-state index in [1.165, 1.54) is 0 Å². The second-order valence-corrected chi connectivity index (χ2v) is 3.85. The van der Waals surface area contributed by atoms with E-state index in [2.05, 4.69) is 0 Å². The minimum Gasteiger partial charge on any atom is -0.480 e. The predicted molar refractivity (Wildman–Crippen MR) is 44.7 cm³/mol. The molecule has 0 fully saturated rings. The van der Waals surface area contributed by atoms with Crippen LogP contribution in [0.3, 0.4) is 0 Å². The molecule has 0 aromatic rings. The van der Waals surface area contributed by atoms with Crippen LogP contribution in [0.5, 0.6) is 0 Å². The van der Waals surface area contributed by atoms with E-state index in [1.807, 2.05) is 0 Å². The molecule has 0 aliphatic rings. The summed E-state index contributed by atoms with van der Waals surface area (Å²) in [5.41, 5.74) is 3.01. The topological polar surface area (TPSA) is 63.3 Å². The lowest BCUT2D eigenvalue weighted by Gasteiger charge is -2.27. The van der Waals surface area contributed by atoms with Gasteiger partial charge in [-0.05, 0) is 12.3 Å². The van der Waals surface area contributed by atoms with Crippen molar-refractivity contribution in [1.29, 1.82) is 0 Å². The number of hydrogen-bond donors (Lipinski definition) is 2. The number of carboxylic acids is 1. The molecule has 0 saturated heterocycles. The fourth-order valence-corrected chi connectivity index (χ4v) is 1.32. The average Bonchev–Trinajstić information content (AvgIpc) is 1.79. The zero-order valence-corrected chi connectivity index (χ0v) is 8.06. The standard InChI is InChI=1S/C8H14F3NO2/c1-5(2)3-7(12,6(13)14)4-8(9,10)11/h5H,3-4,12H2,1-2H3,(H,13,14)/t7-/m1/s1. The maximum Gasteiger partial charge on any atom is 0.391 e. The van der Waals surface area contributed by atoms with Gasteiger partial charge in [-0.15, -0.1) is 0 Å². The third kappa shape index (κ3) is 4.45. The van der Waals surface area contributed by atoms with Crippen LogP contribution in [0.4, 0.5) is 13.2 Å². The Morgan fingerprint density at radius 3 is 2.07 bits per heavy atom. The smallest absolute Gasteiger partial charge is 0.391 e. The minimum atomic E-state index is -4.55. The summed E-state index contributed by atoms with van der Waals surface area (Å²) in [7, 11) is 0. The summed E-state index contributed by atoms with van der Waals surface area (Å²) in [6, 6.07) is 0. The number of alkyl halides is 3. The predicted octanol–water partition coefficient (Wildman–Crippen LogP) is 1.77. The highest BCUT2D eigenvalue weighted by molar-refractivity contribution is 5.78. The van der Waals surface area contributed by atoms with E-state index in [1.54, 1.807) is 13.8 Å². The first-order chi connectivity index (χ1) is 6.07. The van der Waals surface area contributed by atoms with E-state index in [0.717, 1.165) is 0 Å². The van der Waals surface area contributed by atoms with Gasteiger partial charge in [0.2, 0.25) is 0 Å². The molecule has 0 aliphatic carbocycles. The zero-order valence-electron chi connectivity index (χ0n) is 8.06. The highest BCUT2D eigenvalue weighted by Gasteiger charge is 2.45. The summed E-state index contributed by atoms with van der Waals surface area (Å²) < 4.78 is 36.1. The van der Waals surface area contributed by atoms with Crippen LogP contribution in [0, 0.1) is 5.92 Å². The lowest BCUT2D eigenvalue weighted by Crippen LogP contribution is -2.51. The molecule has 0 amide bonds. The Kier molecular flexibility index (Phi) is 3.93. The Bertz CT molecular complexity index is 215. The van der Waals surface area contributed by atoms with E-state index >= 15 is 0 Å². The zero-order chi connectivity index (χ0) is 11.6. The van der Waals surface area contributed by atoms with Crippen LogP contribution in [-0.4, -0.2) is 22.8 Å². The molecule has 0 heterocycles. The summed E-state index contributed by atoms with van der Waals surface area (Å²) in [5, 5.41) is 8.62. The lowest BCUT2D eigenvalue weighted by molar-refractivity contribution is -0.168. The largest absolute Gasteiger partial charge is 0.480 e. The Morgan fingerprint density at radius 1 is 1.43 bits per heavy atom. The minimum absolute atomic E-state index is 0.193. The van der Waals surface area contributed by atoms with E-state index in [9.17, 15) is 18.0 Å². The number of carboxylic acid groups (broad SMARTS) is 1. The van der Waals surface area contributed by atoms with Gasteiger partial charge in [0.25, 0.3) is 0 Å². The molecule has 1 atom stereocenters. The molecule has 0 saturated carbocycles. The molecule has 0 rings (SSSR count). The van der Waals surface area contributed by atoms with Crippen molar-refractivity contribution in [3.05, 3.63) is 0 Å². The Morgan fingerprint density at radius 2 is 1.86 bits per heavy atom. The number of rotatable bonds is 4. The van der Waals surface area contributed by atoms with E-state index in [4.69, 9.17) is 10.8 Å². The van der Waals surface area contributed by atoms with Gasteiger partial charge in [-0.25, -0.2) is 0 Å². The quantitative estimate of drug-likeness (QED) is 0.748. The van der Waals surface area contributed by atoms with E-state index < -0.39 is 24.1 Å². The van der Waals surface area contributed by atoms with Crippen LogP contribution in [0.2, 0.25) is 0 Å². The normalized spacial score (nSPS) is 16.8. The van der Waals surface area contributed by atoms with Crippen LogP contribution in [-0.2, 0) is 4.79 Å². The van der Waals surface area contributed by atoms with Crippen molar-refractivity contribution >= 4 is 5.97 Å². The molecule has 0 bridgehead atoms. The molecular formula is C8H14F3NO2. The summed E-state index contributed by atoms with van der Waals surface area (Å²) in [6.45, 7) is 3.25. The molecule has 0 aromatic heterocycles. The number of nitrogens with two attached hydrogens (primary N) is 1. The third-order valence-electron chi connectivity index (χ3n) is 1.71. The fraction of sp³-hybridized carbons (Fsp3) is 0.875. The summed E-state index contributed by atoms with van der Waals surface area (Å²) in [6.07, 6.45) is -6.24. The summed E-state index contributed by atoms with van der Waals surface area (Å²) in [4.78, 5) is 10.6. The van der Waals surface area contributed by atoms with Gasteiger partial charge in [0.1, 0.15) is 5.54 Å². The van der Waals surface area contributed by atoms with E-state index in [0.29, 0.717) is 0 Å². The summed E-state index contributed by atoms with van der Waals surface area (Å²) in [5.74, 6) is -1.80. The monoisotopic (exact) mass is 213 g/mol. The highest BCUT2D eigenvalue weighted by Crippen LogP contribution is 2.30. The van der Waals surface area contributed by atoms with Crippen molar-refractivity contribution in [2.75, 3.05) is 0 Å². The van der Waals surface area contributed by atoms with Gasteiger partial charge in [-0.1, -0.05) is 13.8 Å². The van der Waals surface area contributed by atoms with Gasteiger partial charge in [0.15, 0.2) is 0 Å². The van der Waals surface area contributed by atoms with Gasteiger partial charge in [-0.2, -0.15) is 13.2 Å². The number of carbonyl (C=O) groups is 1. The first-order valence-electron chi connectivity index (χ1n) is 4.16. The molecular weight excluding hydrogens is 199 g/mol. The Labute approximate surface area is 80.1 Å². The maximum absolute atomic E-state index is 12.0. The van der Waals surface area contributed by atoms with Crippen LogP contribution in [0.15, 0.2) is 0 Å². The van der Waals surface area contributed by atoms with Gasteiger partial charge in [0, 0.05) is 0 Å². The fourth-order valence-electron chi connectivity index (χ4n) is 1.32. The second-order valence-electron chi connectivity index (χ2n) is 3.85. The first-order valence-corrected chi connectivity index (χ1v) is 4.16. The first kappa shape index (κ1) is 13.2. The van der Waals surface area contributed by atoms with Crippen LogP contribution >= 0.6 is 0 Å². The van der Waals surface area contributed by atoms with Crippen molar-refractivity contribution < 1.29 is 23.1 Å². The molecule has 0 aromatic carbocycles. The Balaban J connectivity index is 4.65. The second kappa shape index (κ2) is 4.16. The molecule has 6 heteroatoms. The molecule has 0 radical (unpaired) electrons. The Hall–Kier alpha value is -0.780. The maximum atomic E-state index is 12.0. The van der Waals surface area contributed by atoms with Crippen LogP contribution < -0.4 is 5.73 Å². The highest BCUT2D eigenvalue weighted by atomic mass is 19.4. The lowest BCUT2D eigenvalue weighted by atomic mass is 9.86.